The van der Waals surface area contributed by atoms with Crippen LogP contribution >= 0.6 is 24.0 Å². The van der Waals surface area contributed by atoms with E-state index in [1.165, 1.54) is 5.56 Å². The Bertz CT molecular complexity index is 719. The third-order valence-electron chi connectivity index (χ3n) is 3.79. The molecule has 0 aliphatic carbocycles. The van der Waals surface area contributed by atoms with Crippen LogP contribution in [0.4, 0.5) is 0 Å². The van der Waals surface area contributed by atoms with Gasteiger partial charge in [0.1, 0.15) is 0 Å². The van der Waals surface area contributed by atoms with Crippen molar-refractivity contribution >= 4 is 35.8 Å². The topological polar surface area (TPSA) is 56.7 Å². The molecule has 140 valence electrons. The van der Waals surface area contributed by atoms with Crippen LogP contribution < -0.4 is 10.6 Å². The average Bonchev–Trinajstić information content (AvgIpc) is 2.65. The number of carbonyl (C=O) groups excluding carboxylic acids is 1. The molecule has 0 heterocycles. The first-order valence-corrected chi connectivity index (χ1v) is 8.48. The number of rotatable bonds is 6. The van der Waals surface area contributed by atoms with Crippen molar-refractivity contribution < 1.29 is 4.79 Å². The molecule has 0 saturated heterocycles. The lowest BCUT2D eigenvalue weighted by Gasteiger charge is -2.22. The van der Waals surface area contributed by atoms with E-state index in [1.807, 2.05) is 43.4 Å². The van der Waals surface area contributed by atoms with Crippen molar-refractivity contribution in [3.8, 4) is 0 Å². The standard InChI is InChI=1S/C20H26N4O.HI/c1-4-22-20(24(3)15-16-9-6-5-7-10-16)23-14-17-11-8-12-18(13-17)19(25)21-2;/h5-13H,4,14-15H2,1-3H3,(H,21,25)(H,22,23);1H. The smallest absolute Gasteiger partial charge is 0.251 e. The Kier molecular flexibility index (Phi) is 9.72. The van der Waals surface area contributed by atoms with E-state index in [0.717, 1.165) is 24.6 Å². The van der Waals surface area contributed by atoms with Gasteiger partial charge in [-0.15, -0.1) is 24.0 Å². The van der Waals surface area contributed by atoms with Crippen LogP contribution in [-0.4, -0.2) is 37.4 Å². The summed E-state index contributed by atoms with van der Waals surface area (Å²) in [6, 6.07) is 17.9. The molecule has 1 amide bonds. The van der Waals surface area contributed by atoms with Gasteiger partial charge in [-0.1, -0.05) is 42.5 Å². The second kappa shape index (κ2) is 11.5. The first-order chi connectivity index (χ1) is 12.1. The van der Waals surface area contributed by atoms with Gasteiger partial charge in [0.15, 0.2) is 5.96 Å². The first kappa shape index (κ1) is 22.0. The minimum Gasteiger partial charge on any atom is -0.357 e. The predicted octanol–water partition coefficient (Wildman–Crippen LogP) is 3.26. The average molecular weight is 466 g/mol. The fourth-order valence-corrected chi connectivity index (χ4v) is 2.52. The summed E-state index contributed by atoms with van der Waals surface area (Å²) in [6.07, 6.45) is 0. The Morgan fingerprint density at radius 2 is 1.77 bits per heavy atom. The van der Waals surface area contributed by atoms with Gasteiger partial charge in [-0.05, 0) is 30.2 Å². The molecule has 2 aromatic rings. The number of amides is 1. The fraction of sp³-hybridized carbons (Fsp3) is 0.300. The van der Waals surface area contributed by atoms with Crippen LogP contribution in [0.25, 0.3) is 0 Å². The zero-order valence-electron chi connectivity index (χ0n) is 15.5. The number of aliphatic imine (C=N–C) groups is 1. The van der Waals surface area contributed by atoms with Crippen LogP contribution in [0.2, 0.25) is 0 Å². The van der Waals surface area contributed by atoms with Crippen molar-refractivity contribution in [2.24, 2.45) is 4.99 Å². The second-order valence-electron chi connectivity index (χ2n) is 5.79. The molecule has 0 aliphatic rings. The van der Waals surface area contributed by atoms with Gasteiger partial charge < -0.3 is 15.5 Å². The molecule has 5 nitrogen and oxygen atoms in total. The summed E-state index contributed by atoms with van der Waals surface area (Å²) in [5.74, 6) is 0.760. The van der Waals surface area contributed by atoms with Crippen molar-refractivity contribution in [3.05, 3.63) is 71.3 Å². The van der Waals surface area contributed by atoms with E-state index in [4.69, 9.17) is 4.99 Å². The largest absolute Gasteiger partial charge is 0.357 e. The lowest BCUT2D eigenvalue weighted by atomic mass is 10.1. The van der Waals surface area contributed by atoms with Gasteiger partial charge in [0.25, 0.3) is 5.91 Å². The normalized spacial score (nSPS) is 10.7. The quantitative estimate of drug-likeness (QED) is 0.391. The number of hydrogen-bond donors (Lipinski definition) is 2. The number of nitrogens with zero attached hydrogens (tertiary/aromatic N) is 2. The molecule has 0 aliphatic heterocycles. The summed E-state index contributed by atoms with van der Waals surface area (Å²) in [7, 11) is 3.66. The molecule has 0 radical (unpaired) electrons. The van der Waals surface area contributed by atoms with Crippen LogP contribution in [0.5, 0.6) is 0 Å². The lowest BCUT2D eigenvalue weighted by molar-refractivity contribution is 0.0963. The number of carbonyl (C=O) groups is 1. The number of benzene rings is 2. The molecule has 2 N–H and O–H groups in total. The monoisotopic (exact) mass is 466 g/mol. The molecule has 26 heavy (non-hydrogen) atoms. The summed E-state index contributed by atoms with van der Waals surface area (Å²) >= 11 is 0. The summed E-state index contributed by atoms with van der Waals surface area (Å²) in [4.78, 5) is 18.6. The van der Waals surface area contributed by atoms with E-state index >= 15 is 0 Å². The number of halogens is 1. The van der Waals surface area contributed by atoms with Crippen LogP contribution in [0.1, 0.15) is 28.4 Å². The van der Waals surface area contributed by atoms with Gasteiger partial charge in [-0.2, -0.15) is 0 Å². The van der Waals surface area contributed by atoms with Gasteiger partial charge >= 0.3 is 0 Å². The van der Waals surface area contributed by atoms with Gasteiger partial charge in [-0.3, -0.25) is 4.79 Å². The van der Waals surface area contributed by atoms with Crippen LogP contribution in [0, 0.1) is 0 Å². The maximum atomic E-state index is 11.8. The minimum atomic E-state index is -0.0843. The summed E-state index contributed by atoms with van der Waals surface area (Å²) in [5, 5.41) is 5.96. The van der Waals surface area contributed by atoms with Crippen LogP contribution in [0.3, 0.4) is 0 Å². The highest BCUT2D eigenvalue weighted by atomic mass is 127. The van der Waals surface area contributed by atoms with Crippen LogP contribution in [-0.2, 0) is 13.1 Å². The van der Waals surface area contributed by atoms with Gasteiger partial charge in [-0.25, -0.2) is 4.99 Å². The van der Waals surface area contributed by atoms with Crippen molar-refractivity contribution in [3.63, 3.8) is 0 Å². The van der Waals surface area contributed by atoms with Gasteiger partial charge in [0.05, 0.1) is 6.54 Å². The van der Waals surface area contributed by atoms with E-state index in [9.17, 15) is 4.79 Å². The first-order valence-electron chi connectivity index (χ1n) is 8.48. The maximum absolute atomic E-state index is 11.8. The Hall–Kier alpha value is -2.09. The fourth-order valence-electron chi connectivity index (χ4n) is 2.52. The van der Waals surface area contributed by atoms with Crippen molar-refractivity contribution in [1.29, 1.82) is 0 Å². The Morgan fingerprint density at radius 3 is 2.42 bits per heavy atom. The number of nitrogens with one attached hydrogen (secondary N) is 2. The van der Waals surface area contributed by atoms with Crippen molar-refractivity contribution in [2.75, 3.05) is 20.6 Å². The van der Waals surface area contributed by atoms with E-state index in [2.05, 4.69) is 34.6 Å². The second-order valence-corrected chi connectivity index (χ2v) is 5.79. The Labute approximate surface area is 172 Å². The number of guanidine groups is 1. The predicted molar refractivity (Wildman–Crippen MR) is 118 cm³/mol. The maximum Gasteiger partial charge on any atom is 0.251 e. The molecule has 2 rings (SSSR count). The summed E-state index contributed by atoms with van der Waals surface area (Å²) in [5.41, 5.74) is 2.89. The molecule has 6 heteroatoms. The summed E-state index contributed by atoms with van der Waals surface area (Å²) < 4.78 is 0. The molecule has 0 fully saturated rings. The van der Waals surface area contributed by atoms with Crippen molar-refractivity contribution in [1.82, 2.24) is 15.5 Å². The van der Waals surface area contributed by atoms with Gasteiger partial charge in [0, 0.05) is 32.7 Å². The SMILES string of the molecule is CCNC(=NCc1cccc(C(=O)NC)c1)N(C)Cc1ccccc1.I. The van der Waals surface area contributed by atoms with Gasteiger partial charge in [0.2, 0.25) is 0 Å². The van der Waals surface area contributed by atoms with E-state index in [0.29, 0.717) is 12.1 Å². The Balaban J connectivity index is 0.00000338. The Morgan fingerprint density at radius 1 is 1.08 bits per heavy atom. The molecule has 2 aromatic carbocycles. The minimum absolute atomic E-state index is 0. The number of hydrogen-bond acceptors (Lipinski definition) is 2. The molecule has 0 aromatic heterocycles. The lowest BCUT2D eigenvalue weighted by Crippen LogP contribution is -2.38. The highest BCUT2D eigenvalue weighted by molar-refractivity contribution is 14.0. The summed E-state index contributed by atoms with van der Waals surface area (Å²) in [6.45, 7) is 4.16. The highest BCUT2D eigenvalue weighted by Gasteiger charge is 2.07. The molecule has 0 bridgehead atoms. The third kappa shape index (κ3) is 6.67. The molecular formula is C20H27IN4O. The molecule has 0 spiro atoms. The van der Waals surface area contributed by atoms with Crippen molar-refractivity contribution in [2.45, 2.75) is 20.0 Å². The third-order valence-corrected chi connectivity index (χ3v) is 3.79. The van der Waals surface area contributed by atoms with Crippen LogP contribution in [0.15, 0.2) is 59.6 Å². The van der Waals surface area contributed by atoms with E-state index in [-0.39, 0.29) is 29.9 Å². The molecule has 0 atom stereocenters. The highest BCUT2D eigenvalue weighted by Crippen LogP contribution is 2.08. The zero-order chi connectivity index (χ0) is 18.1. The molecule has 0 unspecified atom stereocenters. The zero-order valence-corrected chi connectivity index (χ0v) is 17.9. The molecular weight excluding hydrogens is 439 g/mol. The van der Waals surface area contributed by atoms with E-state index < -0.39 is 0 Å². The molecule has 0 saturated carbocycles. The van der Waals surface area contributed by atoms with E-state index in [1.54, 1.807) is 13.1 Å².